The van der Waals surface area contributed by atoms with Crippen LogP contribution in [0.5, 0.6) is 5.75 Å². The average Bonchev–Trinajstić information content (AvgIpc) is 3.05. The fourth-order valence-electron chi connectivity index (χ4n) is 2.97. The normalized spacial score (nSPS) is 11.7. The van der Waals surface area contributed by atoms with E-state index in [9.17, 15) is 14.9 Å². The number of non-ortho nitro benzene ring substituents is 1. The molecule has 0 unspecified atom stereocenters. The lowest BCUT2D eigenvalue weighted by atomic mass is 10.1. The number of nitrogens with zero attached hydrogens (tertiary/aromatic N) is 3. The number of rotatable bonds is 9. The van der Waals surface area contributed by atoms with Gasteiger partial charge in [-0.05, 0) is 37.6 Å². The minimum atomic E-state index is -0.467. The lowest BCUT2D eigenvalue weighted by Crippen LogP contribution is -2.20. The Morgan fingerprint density at radius 2 is 1.93 bits per heavy atom. The second-order valence-corrected chi connectivity index (χ2v) is 7.41. The molecule has 0 aliphatic heterocycles. The lowest BCUT2D eigenvalue weighted by molar-refractivity contribution is -0.384. The van der Waals surface area contributed by atoms with Crippen LogP contribution in [0.4, 0.5) is 5.69 Å². The number of carbonyl (C=O) groups excluding carboxylic acids is 1. The maximum absolute atomic E-state index is 12.6. The third-order valence-corrected chi connectivity index (χ3v) is 5.39. The standard InChI is InChI=1S/C21H23N3O5S/c1-3-28-12-11-23-18-10-9-17(29-4-2)14-19(18)30-21(23)22-20(25)13-15-5-7-16(8-6-15)24(26)27/h5-10,14H,3-4,11-13H2,1-2H3. The van der Waals surface area contributed by atoms with Crippen molar-refractivity contribution < 1.29 is 19.2 Å². The number of carbonyl (C=O) groups is 1. The maximum Gasteiger partial charge on any atom is 0.269 e. The summed E-state index contributed by atoms with van der Waals surface area (Å²) in [5.41, 5.74) is 1.63. The van der Waals surface area contributed by atoms with Gasteiger partial charge in [-0.3, -0.25) is 14.9 Å². The van der Waals surface area contributed by atoms with Gasteiger partial charge in [-0.1, -0.05) is 23.5 Å². The van der Waals surface area contributed by atoms with Crippen molar-refractivity contribution in [3.05, 3.63) is 62.9 Å². The highest BCUT2D eigenvalue weighted by molar-refractivity contribution is 7.16. The SMILES string of the molecule is CCOCCn1c(=NC(=O)Cc2ccc([N+](=O)[O-])cc2)sc2cc(OCC)ccc21. The van der Waals surface area contributed by atoms with Crippen molar-refractivity contribution in [3.63, 3.8) is 0 Å². The van der Waals surface area contributed by atoms with E-state index in [1.54, 1.807) is 12.1 Å². The van der Waals surface area contributed by atoms with Crippen molar-refractivity contribution in [2.75, 3.05) is 19.8 Å². The highest BCUT2D eigenvalue weighted by Gasteiger charge is 2.11. The first-order valence-electron chi connectivity index (χ1n) is 9.66. The molecule has 0 spiro atoms. The van der Waals surface area contributed by atoms with E-state index in [0.29, 0.717) is 36.7 Å². The zero-order valence-electron chi connectivity index (χ0n) is 16.9. The van der Waals surface area contributed by atoms with Gasteiger partial charge in [-0.15, -0.1) is 0 Å². The summed E-state index contributed by atoms with van der Waals surface area (Å²) in [7, 11) is 0. The van der Waals surface area contributed by atoms with E-state index < -0.39 is 4.92 Å². The summed E-state index contributed by atoms with van der Waals surface area (Å²) < 4.78 is 14.0. The third kappa shape index (κ3) is 5.31. The summed E-state index contributed by atoms with van der Waals surface area (Å²) in [5.74, 6) is 0.456. The molecule has 0 saturated heterocycles. The predicted molar refractivity (Wildman–Crippen MR) is 115 cm³/mol. The molecule has 8 nitrogen and oxygen atoms in total. The van der Waals surface area contributed by atoms with Crippen molar-refractivity contribution in [2.45, 2.75) is 26.8 Å². The quantitative estimate of drug-likeness (QED) is 0.293. The topological polar surface area (TPSA) is 96.0 Å². The molecule has 0 saturated carbocycles. The number of benzene rings is 2. The van der Waals surface area contributed by atoms with Crippen molar-refractivity contribution in [2.24, 2.45) is 4.99 Å². The first kappa shape index (κ1) is 21.7. The largest absolute Gasteiger partial charge is 0.494 e. The van der Waals surface area contributed by atoms with E-state index in [4.69, 9.17) is 9.47 Å². The number of hydrogen-bond donors (Lipinski definition) is 0. The van der Waals surface area contributed by atoms with E-state index in [1.807, 2.05) is 36.6 Å². The number of nitro benzene ring substituents is 1. The molecule has 1 amide bonds. The van der Waals surface area contributed by atoms with Gasteiger partial charge >= 0.3 is 0 Å². The van der Waals surface area contributed by atoms with Gasteiger partial charge < -0.3 is 14.0 Å². The first-order chi connectivity index (χ1) is 14.5. The highest BCUT2D eigenvalue weighted by atomic mass is 32.1. The molecular weight excluding hydrogens is 406 g/mol. The molecule has 158 valence electrons. The molecule has 0 atom stereocenters. The molecule has 0 bridgehead atoms. The molecule has 0 fully saturated rings. The van der Waals surface area contributed by atoms with Crippen molar-refractivity contribution in [1.82, 2.24) is 4.57 Å². The summed E-state index contributed by atoms with van der Waals surface area (Å²) in [5, 5.41) is 10.8. The lowest BCUT2D eigenvalue weighted by Gasteiger charge is -2.06. The number of ether oxygens (including phenoxy) is 2. The Labute approximate surface area is 177 Å². The van der Waals surface area contributed by atoms with Gasteiger partial charge in [0, 0.05) is 25.3 Å². The van der Waals surface area contributed by atoms with Gasteiger partial charge in [0.05, 0.1) is 34.8 Å². The van der Waals surface area contributed by atoms with Gasteiger partial charge in [0.2, 0.25) is 0 Å². The number of nitro groups is 1. The Kier molecular flexibility index (Phi) is 7.31. The van der Waals surface area contributed by atoms with Crippen LogP contribution in [0.2, 0.25) is 0 Å². The summed E-state index contributed by atoms with van der Waals surface area (Å²) >= 11 is 1.42. The van der Waals surface area contributed by atoms with Crippen molar-refractivity contribution in [1.29, 1.82) is 0 Å². The zero-order chi connectivity index (χ0) is 21.5. The first-order valence-corrected chi connectivity index (χ1v) is 10.5. The Morgan fingerprint density at radius 3 is 2.60 bits per heavy atom. The highest BCUT2D eigenvalue weighted by Crippen LogP contribution is 2.23. The van der Waals surface area contributed by atoms with Crippen LogP contribution in [0.3, 0.4) is 0 Å². The van der Waals surface area contributed by atoms with E-state index in [0.717, 1.165) is 16.0 Å². The van der Waals surface area contributed by atoms with Crippen molar-refractivity contribution in [3.8, 4) is 5.75 Å². The average molecular weight is 429 g/mol. The second kappa shape index (κ2) is 10.1. The van der Waals surface area contributed by atoms with Crippen LogP contribution in [0.1, 0.15) is 19.4 Å². The molecule has 9 heteroatoms. The van der Waals surface area contributed by atoms with Gasteiger partial charge in [0.25, 0.3) is 11.6 Å². The number of amides is 1. The Bertz CT molecular complexity index is 1100. The second-order valence-electron chi connectivity index (χ2n) is 6.40. The van der Waals surface area contributed by atoms with Gasteiger partial charge in [0.1, 0.15) is 5.75 Å². The minimum Gasteiger partial charge on any atom is -0.494 e. The van der Waals surface area contributed by atoms with Crippen molar-refractivity contribution >= 4 is 33.1 Å². The monoisotopic (exact) mass is 429 g/mol. The number of thiazole rings is 1. The maximum atomic E-state index is 12.6. The summed E-state index contributed by atoms with van der Waals surface area (Å²) in [6.07, 6.45) is 0.0713. The van der Waals surface area contributed by atoms with Gasteiger partial charge in [-0.25, -0.2) is 0 Å². The van der Waals surface area contributed by atoms with Crippen LogP contribution in [0.25, 0.3) is 10.2 Å². The minimum absolute atomic E-state index is 0.00786. The molecular formula is C21H23N3O5S. The zero-order valence-corrected chi connectivity index (χ0v) is 17.7. The van der Waals surface area contributed by atoms with E-state index in [2.05, 4.69) is 4.99 Å². The third-order valence-electron chi connectivity index (χ3n) is 4.35. The summed E-state index contributed by atoms with van der Waals surface area (Å²) in [6, 6.07) is 11.7. The molecule has 0 aliphatic rings. The fourth-order valence-corrected chi connectivity index (χ4v) is 4.07. The molecule has 0 radical (unpaired) electrons. The molecule has 3 rings (SSSR count). The number of fused-ring (bicyclic) bond motifs is 1. The smallest absolute Gasteiger partial charge is 0.269 e. The van der Waals surface area contributed by atoms with Crippen LogP contribution >= 0.6 is 11.3 Å². The van der Waals surface area contributed by atoms with Crippen LogP contribution in [-0.2, 0) is 22.5 Å². The molecule has 0 N–H and O–H groups in total. The number of hydrogen-bond acceptors (Lipinski definition) is 6. The van der Waals surface area contributed by atoms with Crippen LogP contribution in [0, 0.1) is 10.1 Å². The van der Waals surface area contributed by atoms with Crippen LogP contribution < -0.4 is 9.54 Å². The fraction of sp³-hybridized carbons (Fsp3) is 0.333. The Hall–Kier alpha value is -3.04. The molecule has 2 aromatic carbocycles. The van der Waals surface area contributed by atoms with E-state index in [1.165, 1.54) is 23.5 Å². The van der Waals surface area contributed by atoms with Gasteiger partial charge in [-0.2, -0.15) is 4.99 Å². The Balaban J connectivity index is 1.90. The Morgan fingerprint density at radius 1 is 1.17 bits per heavy atom. The van der Waals surface area contributed by atoms with Crippen LogP contribution in [0.15, 0.2) is 47.5 Å². The number of aromatic nitrogens is 1. The molecule has 3 aromatic rings. The molecule has 1 aromatic heterocycles. The van der Waals surface area contributed by atoms with Crippen LogP contribution in [-0.4, -0.2) is 35.2 Å². The summed E-state index contributed by atoms with van der Waals surface area (Å²) in [4.78, 5) is 27.8. The molecule has 1 heterocycles. The predicted octanol–water partition coefficient (Wildman–Crippen LogP) is 3.72. The van der Waals surface area contributed by atoms with E-state index in [-0.39, 0.29) is 18.0 Å². The molecule has 0 aliphatic carbocycles. The van der Waals surface area contributed by atoms with E-state index >= 15 is 0 Å². The molecule has 30 heavy (non-hydrogen) atoms. The summed E-state index contributed by atoms with van der Waals surface area (Å²) in [6.45, 7) is 6.14. The van der Waals surface area contributed by atoms with Gasteiger partial charge in [0.15, 0.2) is 4.80 Å².